The second kappa shape index (κ2) is 8.92. The zero-order chi connectivity index (χ0) is 22.9. The second-order valence-corrected chi connectivity index (χ2v) is 8.33. The van der Waals surface area contributed by atoms with Gasteiger partial charge in [0, 0.05) is 54.6 Å². The van der Waals surface area contributed by atoms with Crippen LogP contribution in [0, 0.1) is 5.82 Å². The zero-order valence-electron chi connectivity index (χ0n) is 18.3. The molecule has 0 N–H and O–H groups in total. The van der Waals surface area contributed by atoms with Gasteiger partial charge in [0.25, 0.3) is 0 Å². The van der Waals surface area contributed by atoms with E-state index in [-0.39, 0.29) is 5.82 Å². The van der Waals surface area contributed by atoms with Crippen LogP contribution in [0.15, 0.2) is 54.7 Å². The summed E-state index contributed by atoms with van der Waals surface area (Å²) in [6.07, 6.45) is 1.92. The van der Waals surface area contributed by atoms with Crippen molar-refractivity contribution >= 4 is 22.5 Å². The van der Waals surface area contributed by atoms with E-state index in [0.717, 1.165) is 34.3 Å². The van der Waals surface area contributed by atoms with E-state index in [0.29, 0.717) is 42.2 Å². The number of pyridine rings is 1. The zero-order valence-corrected chi connectivity index (χ0v) is 19.1. The molecular weight excluding hydrogens is 445 g/mol. The Morgan fingerprint density at radius 3 is 2.61 bits per heavy atom. The first-order valence-corrected chi connectivity index (χ1v) is 11.0. The van der Waals surface area contributed by atoms with Crippen molar-refractivity contribution in [3.05, 3.63) is 76.7 Å². The third-order valence-corrected chi connectivity index (χ3v) is 6.03. The Labute approximate surface area is 196 Å². The molecule has 0 fully saturated rings. The molecule has 4 aromatic rings. The van der Waals surface area contributed by atoms with Crippen LogP contribution in [-0.2, 0) is 13.1 Å². The summed E-state index contributed by atoms with van der Waals surface area (Å²) in [5.41, 5.74) is 3.84. The first kappa shape index (κ1) is 21.6. The van der Waals surface area contributed by atoms with Crippen molar-refractivity contribution in [3.63, 3.8) is 0 Å². The van der Waals surface area contributed by atoms with E-state index in [1.165, 1.54) is 12.1 Å². The second-order valence-electron chi connectivity index (χ2n) is 7.92. The van der Waals surface area contributed by atoms with Gasteiger partial charge in [-0.3, -0.25) is 4.90 Å². The van der Waals surface area contributed by atoms with E-state index < -0.39 is 0 Å². The van der Waals surface area contributed by atoms with E-state index in [2.05, 4.69) is 16.0 Å². The highest BCUT2D eigenvalue weighted by Gasteiger charge is 2.20. The fourth-order valence-electron chi connectivity index (χ4n) is 4.21. The van der Waals surface area contributed by atoms with Gasteiger partial charge in [0.15, 0.2) is 0 Å². The van der Waals surface area contributed by atoms with E-state index in [4.69, 9.17) is 25.8 Å². The maximum Gasteiger partial charge on any atom is 0.216 e. The van der Waals surface area contributed by atoms with Gasteiger partial charge in [-0.05, 0) is 42.0 Å². The highest BCUT2D eigenvalue weighted by atomic mass is 35.5. The molecule has 6 nitrogen and oxygen atoms in total. The lowest BCUT2D eigenvalue weighted by Crippen LogP contribution is -2.25. The van der Waals surface area contributed by atoms with E-state index >= 15 is 0 Å². The number of methoxy groups -OCH3 is 2. The summed E-state index contributed by atoms with van der Waals surface area (Å²) < 4.78 is 32.3. The molecule has 0 saturated heterocycles. The summed E-state index contributed by atoms with van der Waals surface area (Å²) in [5.74, 6) is 1.47. The molecule has 0 atom stereocenters. The quantitative estimate of drug-likeness (QED) is 0.402. The highest BCUT2D eigenvalue weighted by Crippen LogP contribution is 2.35. The van der Waals surface area contributed by atoms with Crippen LogP contribution in [0.2, 0.25) is 5.02 Å². The Morgan fingerprint density at radius 1 is 1.06 bits per heavy atom. The largest absolute Gasteiger partial charge is 0.490 e. The Morgan fingerprint density at radius 2 is 1.85 bits per heavy atom. The van der Waals surface area contributed by atoms with Crippen LogP contribution in [0.5, 0.6) is 17.5 Å². The third kappa shape index (κ3) is 4.34. The molecule has 1 aliphatic heterocycles. The average Bonchev–Trinajstić information content (AvgIpc) is 3.11. The van der Waals surface area contributed by atoms with Crippen LogP contribution in [0.3, 0.4) is 0 Å². The molecule has 170 valence electrons. The summed E-state index contributed by atoms with van der Waals surface area (Å²) in [6, 6.07) is 14.4. The van der Waals surface area contributed by atoms with Crippen LogP contribution < -0.4 is 14.2 Å². The minimum atomic E-state index is -0.256. The van der Waals surface area contributed by atoms with Gasteiger partial charge >= 0.3 is 0 Å². The van der Waals surface area contributed by atoms with Gasteiger partial charge in [0.2, 0.25) is 11.8 Å². The molecule has 0 aliphatic carbocycles. The number of aromatic nitrogens is 2. The molecule has 1 aliphatic rings. The predicted molar refractivity (Wildman–Crippen MR) is 125 cm³/mol. The van der Waals surface area contributed by atoms with Crippen molar-refractivity contribution in [1.82, 2.24) is 14.5 Å². The molecule has 0 unspecified atom stereocenters. The van der Waals surface area contributed by atoms with Gasteiger partial charge in [0.05, 0.1) is 24.8 Å². The molecule has 8 heteroatoms. The standard InChI is InChI=1S/C25H23ClFN3O3/c1-31-23-9-16(10-24(28-23)32-2)14-29-7-8-33-25-18(15-29)12-20(13-21(25)26)30-6-5-17-11-19(27)3-4-22(17)30/h3-6,9-13H,7-8,14-15H2,1-2H3. The van der Waals surface area contributed by atoms with Crippen molar-refractivity contribution in [3.8, 4) is 23.2 Å². The summed E-state index contributed by atoms with van der Waals surface area (Å²) >= 11 is 6.64. The minimum absolute atomic E-state index is 0.256. The molecule has 2 aromatic heterocycles. The molecular formula is C25H23ClFN3O3. The van der Waals surface area contributed by atoms with Crippen LogP contribution >= 0.6 is 11.6 Å². The Kier molecular flexibility index (Phi) is 5.83. The lowest BCUT2D eigenvalue weighted by molar-refractivity contribution is 0.219. The van der Waals surface area contributed by atoms with Gasteiger partial charge in [-0.15, -0.1) is 0 Å². The Bertz CT molecular complexity index is 1300. The van der Waals surface area contributed by atoms with Gasteiger partial charge in [-0.25, -0.2) is 4.39 Å². The Balaban J connectivity index is 1.47. The van der Waals surface area contributed by atoms with Gasteiger partial charge < -0.3 is 18.8 Å². The number of hydrogen-bond acceptors (Lipinski definition) is 5. The van der Waals surface area contributed by atoms with Crippen molar-refractivity contribution in [2.24, 2.45) is 0 Å². The summed E-state index contributed by atoms with van der Waals surface area (Å²) in [7, 11) is 3.18. The maximum atomic E-state index is 13.6. The molecule has 0 spiro atoms. The van der Waals surface area contributed by atoms with Crippen LogP contribution in [0.4, 0.5) is 4.39 Å². The molecule has 33 heavy (non-hydrogen) atoms. The number of fused-ring (bicyclic) bond motifs is 2. The highest BCUT2D eigenvalue weighted by molar-refractivity contribution is 6.32. The van der Waals surface area contributed by atoms with E-state index in [1.807, 2.05) is 35.0 Å². The fraction of sp³-hybridized carbons (Fsp3) is 0.240. The minimum Gasteiger partial charge on any atom is -0.490 e. The number of benzene rings is 2. The van der Waals surface area contributed by atoms with E-state index in [1.54, 1.807) is 20.3 Å². The third-order valence-electron chi connectivity index (χ3n) is 5.75. The number of hydrogen-bond donors (Lipinski definition) is 0. The van der Waals surface area contributed by atoms with Crippen LogP contribution in [0.25, 0.3) is 16.6 Å². The smallest absolute Gasteiger partial charge is 0.216 e. The molecule has 5 rings (SSSR count). The van der Waals surface area contributed by atoms with Crippen LogP contribution in [-0.4, -0.2) is 41.8 Å². The number of halogens is 2. The first-order valence-electron chi connectivity index (χ1n) is 10.6. The summed E-state index contributed by atoms with van der Waals surface area (Å²) in [5, 5.41) is 1.39. The first-order chi connectivity index (χ1) is 16.0. The number of ether oxygens (including phenoxy) is 3. The predicted octanol–water partition coefficient (Wildman–Crippen LogP) is 5.23. The van der Waals surface area contributed by atoms with Crippen LogP contribution in [0.1, 0.15) is 11.1 Å². The van der Waals surface area contributed by atoms with Crippen molar-refractivity contribution in [1.29, 1.82) is 0 Å². The maximum absolute atomic E-state index is 13.6. The van der Waals surface area contributed by atoms with Gasteiger partial charge in [0.1, 0.15) is 18.2 Å². The molecule has 0 radical (unpaired) electrons. The van der Waals surface area contributed by atoms with Gasteiger partial charge in [-0.2, -0.15) is 4.98 Å². The normalized spacial score (nSPS) is 13.9. The topological polar surface area (TPSA) is 48.8 Å². The molecule has 0 saturated carbocycles. The lowest BCUT2D eigenvalue weighted by Gasteiger charge is -2.20. The fourth-order valence-corrected chi connectivity index (χ4v) is 4.50. The number of nitrogens with zero attached hydrogens (tertiary/aromatic N) is 3. The van der Waals surface area contributed by atoms with Crippen molar-refractivity contribution in [2.75, 3.05) is 27.4 Å². The van der Waals surface area contributed by atoms with Gasteiger partial charge in [-0.1, -0.05) is 11.6 Å². The number of rotatable bonds is 5. The lowest BCUT2D eigenvalue weighted by atomic mass is 10.1. The molecule has 3 heterocycles. The van der Waals surface area contributed by atoms with Crippen molar-refractivity contribution < 1.29 is 18.6 Å². The Hall–Kier alpha value is -3.29. The molecule has 2 aromatic carbocycles. The summed E-state index contributed by atoms with van der Waals surface area (Å²) in [4.78, 5) is 6.55. The molecule has 0 amide bonds. The SMILES string of the molecule is COc1cc(CN2CCOc3c(Cl)cc(-n4ccc5cc(F)ccc54)cc3C2)cc(OC)n1. The van der Waals surface area contributed by atoms with Crippen molar-refractivity contribution in [2.45, 2.75) is 13.1 Å². The van der Waals surface area contributed by atoms with E-state index in [9.17, 15) is 4.39 Å². The average molecular weight is 468 g/mol. The summed E-state index contributed by atoms with van der Waals surface area (Å²) in [6.45, 7) is 2.59. The molecule has 0 bridgehead atoms. The monoisotopic (exact) mass is 467 g/mol.